The van der Waals surface area contributed by atoms with E-state index >= 15 is 0 Å². The molecule has 0 spiro atoms. The van der Waals surface area contributed by atoms with E-state index in [9.17, 15) is 8.42 Å². The first-order valence-electron chi connectivity index (χ1n) is 5.74. The molecule has 0 aliphatic rings. The summed E-state index contributed by atoms with van der Waals surface area (Å²) in [6.45, 7) is 0. The maximum atomic E-state index is 12.0. The van der Waals surface area contributed by atoms with Crippen LogP contribution in [0.1, 0.15) is 11.1 Å². The van der Waals surface area contributed by atoms with Gasteiger partial charge in [0.2, 0.25) is 10.0 Å². The zero-order valence-electron chi connectivity index (χ0n) is 10.4. The molecule has 1 N–H and O–H groups in total. The molecule has 2 rings (SSSR count). The highest BCUT2D eigenvalue weighted by atomic mass is 35.5. The van der Waals surface area contributed by atoms with Gasteiger partial charge >= 0.3 is 0 Å². The molecule has 0 aliphatic heterocycles. The van der Waals surface area contributed by atoms with E-state index in [4.69, 9.17) is 16.9 Å². The van der Waals surface area contributed by atoms with Crippen molar-refractivity contribution in [2.24, 2.45) is 0 Å². The Balaban J connectivity index is 2.17. The van der Waals surface area contributed by atoms with Crippen LogP contribution in [0.15, 0.2) is 48.5 Å². The molecule has 0 unspecified atom stereocenters. The fraction of sp³-hybridized carbons (Fsp3) is 0.0714. The Hall–Kier alpha value is -2.03. The lowest BCUT2D eigenvalue weighted by Gasteiger charge is -2.08. The van der Waals surface area contributed by atoms with Crippen molar-refractivity contribution < 1.29 is 8.42 Å². The Bertz CT molecular complexity index is 752. The normalized spacial score (nSPS) is 10.8. The standard InChI is InChI=1S/C14H11ClN2O2S/c15-14-8-13(7-6-12(14)9-16)17-20(18,19)10-11-4-2-1-3-5-11/h1-8,17H,10H2. The van der Waals surface area contributed by atoms with Crippen LogP contribution in [-0.4, -0.2) is 8.42 Å². The first kappa shape index (κ1) is 14.4. The minimum atomic E-state index is -3.52. The van der Waals surface area contributed by atoms with Crippen molar-refractivity contribution in [1.82, 2.24) is 0 Å². The van der Waals surface area contributed by atoms with Gasteiger partial charge in [-0.05, 0) is 23.8 Å². The second kappa shape index (κ2) is 5.95. The van der Waals surface area contributed by atoms with E-state index in [2.05, 4.69) is 4.72 Å². The Morgan fingerprint density at radius 2 is 1.85 bits per heavy atom. The number of nitrogens with zero attached hydrogens (tertiary/aromatic N) is 1. The van der Waals surface area contributed by atoms with Gasteiger partial charge in [0, 0.05) is 0 Å². The van der Waals surface area contributed by atoms with Crippen LogP contribution in [0.25, 0.3) is 0 Å². The molecular weight excluding hydrogens is 296 g/mol. The second-order valence-electron chi connectivity index (χ2n) is 4.15. The van der Waals surface area contributed by atoms with Gasteiger partial charge in [0.05, 0.1) is 22.0 Å². The fourth-order valence-electron chi connectivity index (χ4n) is 1.68. The molecule has 0 amide bonds. The lowest BCUT2D eigenvalue weighted by molar-refractivity contribution is 0.600. The SMILES string of the molecule is N#Cc1ccc(NS(=O)(=O)Cc2ccccc2)cc1Cl. The summed E-state index contributed by atoms with van der Waals surface area (Å²) in [5.74, 6) is -0.120. The maximum absolute atomic E-state index is 12.0. The molecule has 6 heteroatoms. The maximum Gasteiger partial charge on any atom is 0.236 e. The van der Waals surface area contributed by atoms with Gasteiger partial charge in [0.15, 0.2) is 0 Å². The molecule has 0 heterocycles. The molecule has 0 fully saturated rings. The third kappa shape index (κ3) is 3.73. The average molecular weight is 307 g/mol. The van der Waals surface area contributed by atoms with Crippen LogP contribution in [0, 0.1) is 11.3 Å². The molecule has 0 radical (unpaired) electrons. The second-order valence-corrected chi connectivity index (χ2v) is 6.28. The van der Waals surface area contributed by atoms with Crippen LogP contribution < -0.4 is 4.72 Å². The Morgan fingerprint density at radius 1 is 1.15 bits per heavy atom. The highest BCUT2D eigenvalue weighted by Crippen LogP contribution is 2.21. The Labute approximate surface area is 122 Å². The van der Waals surface area contributed by atoms with Crippen molar-refractivity contribution in [2.75, 3.05) is 4.72 Å². The van der Waals surface area contributed by atoms with Gasteiger partial charge in [0.25, 0.3) is 0 Å². The third-order valence-corrected chi connectivity index (χ3v) is 4.14. The summed E-state index contributed by atoms with van der Waals surface area (Å²) in [5, 5.41) is 8.98. The van der Waals surface area contributed by atoms with E-state index < -0.39 is 10.0 Å². The Morgan fingerprint density at radius 3 is 2.45 bits per heavy atom. The molecule has 2 aromatic carbocycles. The zero-order chi connectivity index (χ0) is 14.6. The summed E-state index contributed by atoms with van der Waals surface area (Å²) >= 11 is 5.86. The summed E-state index contributed by atoms with van der Waals surface area (Å²) in [4.78, 5) is 0. The van der Waals surface area contributed by atoms with Crippen molar-refractivity contribution in [3.63, 3.8) is 0 Å². The van der Waals surface area contributed by atoms with Crippen LogP contribution in [-0.2, 0) is 15.8 Å². The van der Waals surface area contributed by atoms with Gasteiger partial charge in [-0.25, -0.2) is 8.42 Å². The van der Waals surface area contributed by atoms with Crippen LogP contribution >= 0.6 is 11.6 Å². The molecule has 102 valence electrons. The highest BCUT2D eigenvalue weighted by Gasteiger charge is 2.12. The first-order chi connectivity index (χ1) is 9.50. The number of anilines is 1. The molecule has 20 heavy (non-hydrogen) atoms. The summed E-state index contributed by atoms with van der Waals surface area (Å²) < 4.78 is 26.5. The number of hydrogen-bond acceptors (Lipinski definition) is 3. The van der Waals surface area contributed by atoms with Crippen molar-refractivity contribution in [3.05, 3.63) is 64.7 Å². The molecule has 4 nitrogen and oxygen atoms in total. The number of hydrogen-bond donors (Lipinski definition) is 1. The summed E-state index contributed by atoms with van der Waals surface area (Å²) in [7, 11) is -3.52. The van der Waals surface area contributed by atoms with Crippen LogP contribution in [0.5, 0.6) is 0 Å². The van der Waals surface area contributed by atoms with Crippen LogP contribution in [0.2, 0.25) is 5.02 Å². The minimum Gasteiger partial charge on any atom is -0.283 e. The minimum absolute atomic E-state index is 0.120. The highest BCUT2D eigenvalue weighted by molar-refractivity contribution is 7.91. The van der Waals surface area contributed by atoms with Gasteiger partial charge in [-0.2, -0.15) is 5.26 Å². The van der Waals surface area contributed by atoms with Crippen LogP contribution in [0.3, 0.4) is 0 Å². The monoisotopic (exact) mass is 306 g/mol. The third-order valence-electron chi connectivity index (χ3n) is 2.56. The molecule has 0 atom stereocenters. The first-order valence-corrected chi connectivity index (χ1v) is 7.77. The largest absolute Gasteiger partial charge is 0.283 e. The van der Waals surface area contributed by atoms with Gasteiger partial charge in [-0.15, -0.1) is 0 Å². The number of nitrogens with one attached hydrogen (secondary N) is 1. The van der Waals surface area contributed by atoms with Gasteiger partial charge in [0.1, 0.15) is 6.07 Å². The summed E-state index contributed by atoms with van der Waals surface area (Å²) in [5.41, 5.74) is 1.34. The molecular formula is C14H11ClN2O2S. The lowest BCUT2D eigenvalue weighted by atomic mass is 10.2. The predicted octanol–water partition coefficient (Wildman–Crippen LogP) is 3.15. The van der Waals surface area contributed by atoms with Crippen molar-refractivity contribution >= 4 is 27.3 Å². The van der Waals surface area contributed by atoms with Crippen LogP contribution in [0.4, 0.5) is 5.69 Å². The van der Waals surface area contributed by atoms with Crippen molar-refractivity contribution in [2.45, 2.75) is 5.75 Å². The van der Waals surface area contributed by atoms with Gasteiger partial charge in [-0.1, -0.05) is 41.9 Å². The summed E-state index contributed by atoms with van der Waals surface area (Å²) in [6.07, 6.45) is 0. The number of nitriles is 1. The quantitative estimate of drug-likeness (QED) is 0.943. The van der Waals surface area contributed by atoms with E-state index in [1.807, 2.05) is 12.1 Å². The molecule has 2 aromatic rings. The Kier molecular flexibility index (Phi) is 4.28. The zero-order valence-corrected chi connectivity index (χ0v) is 11.9. The predicted molar refractivity (Wildman–Crippen MR) is 78.9 cm³/mol. The van der Waals surface area contributed by atoms with E-state index in [1.165, 1.54) is 18.2 Å². The lowest BCUT2D eigenvalue weighted by Crippen LogP contribution is -2.15. The van der Waals surface area contributed by atoms with E-state index in [-0.39, 0.29) is 10.8 Å². The summed E-state index contributed by atoms with van der Waals surface area (Å²) in [6, 6.07) is 15.2. The number of rotatable bonds is 4. The smallest absolute Gasteiger partial charge is 0.236 e. The molecule has 0 saturated carbocycles. The van der Waals surface area contributed by atoms with E-state index in [1.54, 1.807) is 24.3 Å². The fourth-order valence-corrected chi connectivity index (χ4v) is 3.09. The van der Waals surface area contributed by atoms with E-state index in [0.29, 0.717) is 16.8 Å². The number of sulfonamides is 1. The number of benzene rings is 2. The van der Waals surface area contributed by atoms with Gasteiger partial charge < -0.3 is 0 Å². The molecule has 0 aliphatic carbocycles. The average Bonchev–Trinajstić information content (AvgIpc) is 2.39. The van der Waals surface area contributed by atoms with Crippen molar-refractivity contribution in [1.29, 1.82) is 5.26 Å². The number of halogens is 1. The van der Waals surface area contributed by atoms with Crippen molar-refractivity contribution in [3.8, 4) is 6.07 Å². The molecule has 0 bridgehead atoms. The van der Waals surface area contributed by atoms with E-state index in [0.717, 1.165) is 0 Å². The van der Waals surface area contributed by atoms with Gasteiger partial charge in [-0.3, -0.25) is 4.72 Å². The topological polar surface area (TPSA) is 70.0 Å². The molecule has 0 saturated heterocycles. The molecule has 0 aromatic heterocycles.